The van der Waals surface area contributed by atoms with Gasteiger partial charge in [-0.3, -0.25) is 14.9 Å². The van der Waals surface area contributed by atoms with Crippen molar-refractivity contribution < 1.29 is 28.0 Å². The Balaban J connectivity index is 3.26. The number of hydrogen-bond donors (Lipinski definition) is 1. The molecular weight excluding hydrogens is 302 g/mol. The zero-order valence-corrected chi connectivity index (χ0v) is 12.1. The SMILES string of the molecule is CC[C@](C)(NC(=O)c1cc(F)c(F)cc1[N+](=O)[O-])C(=O)OC. The fraction of sp³-hybridized carbons (Fsp3) is 0.385. The monoisotopic (exact) mass is 316 g/mol. The number of rotatable bonds is 5. The van der Waals surface area contributed by atoms with Crippen LogP contribution in [0.2, 0.25) is 0 Å². The lowest BCUT2D eigenvalue weighted by Gasteiger charge is -2.26. The van der Waals surface area contributed by atoms with Gasteiger partial charge in [0.05, 0.1) is 18.1 Å². The van der Waals surface area contributed by atoms with Crippen molar-refractivity contribution in [3.05, 3.63) is 39.4 Å². The highest BCUT2D eigenvalue weighted by atomic mass is 19.2. The second kappa shape index (κ2) is 6.46. The van der Waals surface area contributed by atoms with Gasteiger partial charge in [0.25, 0.3) is 11.6 Å². The van der Waals surface area contributed by atoms with E-state index in [1.807, 2.05) is 0 Å². The largest absolute Gasteiger partial charge is 0.467 e. The molecule has 0 saturated heterocycles. The van der Waals surface area contributed by atoms with Crippen LogP contribution in [-0.4, -0.2) is 29.4 Å². The maximum atomic E-state index is 13.3. The summed E-state index contributed by atoms with van der Waals surface area (Å²) in [6, 6.07) is 0.724. The smallest absolute Gasteiger partial charge is 0.331 e. The number of amides is 1. The van der Waals surface area contributed by atoms with E-state index in [1.54, 1.807) is 6.92 Å². The number of esters is 1. The Morgan fingerprint density at radius 1 is 1.36 bits per heavy atom. The predicted molar refractivity (Wildman–Crippen MR) is 71.2 cm³/mol. The molecule has 0 spiro atoms. The van der Waals surface area contributed by atoms with Gasteiger partial charge in [0.1, 0.15) is 11.1 Å². The van der Waals surface area contributed by atoms with Crippen LogP contribution in [0, 0.1) is 21.7 Å². The van der Waals surface area contributed by atoms with E-state index in [0.717, 1.165) is 7.11 Å². The van der Waals surface area contributed by atoms with E-state index in [-0.39, 0.29) is 6.42 Å². The number of nitro benzene ring substituents is 1. The van der Waals surface area contributed by atoms with Crippen LogP contribution >= 0.6 is 0 Å². The van der Waals surface area contributed by atoms with Crippen LogP contribution in [0.3, 0.4) is 0 Å². The van der Waals surface area contributed by atoms with Gasteiger partial charge in [0.15, 0.2) is 11.6 Å². The molecule has 0 bridgehead atoms. The molecule has 0 radical (unpaired) electrons. The standard InChI is InChI=1S/C13H14F2N2O5/c1-4-13(2,12(19)22-3)16-11(18)7-5-8(14)9(15)6-10(7)17(20)21/h5-6H,4H2,1-3H3,(H,16,18)/t13-/m0/s1. The molecule has 120 valence electrons. The zero-order valence-electron chi connectivity index (χ0n) is 12.1. The molecule has 1 aromatic rings. The first-order valence-electron chi connectivity index (χ1n) is 6.20. The van der Waals surface area contributed by atoms with Crippen molar-refractivity contribution in [1.82, 2.24) is 5.32 Å². The van der Waals surface area contributed by atoms with E-state index in [2.05, 4.69) is 10.1 Å². The fourth-order valence-corrected chi connectivity index (χ4v) is 1.70. The van der Waals surface area contributed by atoms with Crippen LogP contribution in [0.4, 0.5) is 14.5 Å². The molecule has 0 aromatic heterocycles. The minimum Gasteiger partial charge on any atom is -0.467 e. The van der Waals surface area contributed by atoms with Gasteiger partial charge in [-0.05, 0) is 19.4 Å². The van der Waals surface area contributed by atoms with Gasteiger partial charge in [-0.1, -0.05) is 6.92 Å². The number of ether oxygens (including phenoxy) is 1. The van der Waals surface area contributed by atoms with Gasteiger partial charge in [-0.2, -0.15) is 0 Å². The fourth-order valence-electron chi connectivity index (χ4n) is 1.70. The average Bonchev–Trinajstić information content (AvgIpc) is 2.47. The maximum Gasteiger partial charge on any atom is 0.331 e. The van der Waals surface area contributed by atoms with Gasteiger partial charge in [0.2, 0.25) is 0 Å². The summed E-state index contributed by atoms with van der Waals surface area (Å²) in [6.07, 6.45) is 0.128. The lowest BCUT2D eigenvalue weighted by molar-refractivity contribution is -0.385. The molecular formula is C13H14F2N2O5. The third kappa shape index (κ3) is 3.35. The van der Waals surface area contributed by atoms with Crippen molar-refractivity contribution in [3.63, 3.8) is 0 Å². The van der Waals surface area contributed by atoms with Crippen LogP contribution in [0.15, 0.2) is 12.1 Å². The maximum absolute atomic E-state index is 13.3. The molecule has 0 fully saturated rings. The van der Waals surface area contributed by atoms with Crippen molar-refractivity contribution in [2.75, 3.05) is 7.11 Å². The average molecular weight is 316 g/mol. The quantitative estimate of drug-likeness (QED) is 0.508. The van der Waals surface area contributed by atoms with Crippen LogP contribution in [-0.2, 0) is 9.53 Å². The van der Waals surface area contributed by atoms with Crippen LogP contribution in [0.25, 0.3) is 0 Å². The summed E-state index contributed by atoms with van der Waals surface area (Å²) in [7, 11) is 1.11. The number of carbonyl (C=O) groups excluding carboxylic acids is 2. The Morgan fingerprint density at radius 2 is 1.91 bits per heavy atom. The summed E-state index contributed by atoms with van der Waals surface area (Å²) in [4.78, 5) is 33.6. The van der Waals surface area contributed by atoms with E-state index >= 15 is 0 Å². The summed E-state index contributed by atoms with van der Waals surface area (Å²) >= 11 is 0. The molecule has 22 heavy (non-hydrogen) atoms. The Kier molecular flexibility index (Phi) is 5.13. The second-order valence-electron chi connectivity index (χ2n) is 4.67. The van der Waals surface area contributed by atoms with Crippen molar-refractivity contribution in [3.8, 4) is 0 Å². The van der Waals surface area contributed by atoms with Crippen molar-refractivity contribution in [2.45, 2.75) is 25.8 Å². The molecule has 1 N–H and O–H groups in total. The molecule has 0 aliphatic heterocycles. The second-order valence-corrected chi connectivity index (χ2v) is 4.67. The summed E-state index contributed by atoms with van der Waals surface area (Å²) in [6.45, 7) is 2.93. The van der Waals surface area contributed by atoms with Gasteiger partial charge in [0, 0.05) is 0 Å². The molecule has 7 nitrogen and oxygen atoms in total. The van der Waals surface area contributed by atoms with E-state index in [1.165, 1.54) is 6.92 Å². The third-order valence-electron chi connectivity index (χ3n) is 3.21. The summed E-state index contributed by atoms with van der Waals surface area (Å²) < 4.78 is 30.9. The van der Waals surface area contributed by atoms with Gasteiger partial charge >= 0.3 is 5.97 Å². The number of methoxy groups -OCH3 is 1. The molecule has 1 rings (SSSR count). The van der Waals surface area contributed by atoms with E-state index in [4.69, 9.17) is 0 Å². The molecule has 0 saturated carbocycles. The third-order valence-corrected chi connectivity index (χ3v) is 3.21. The van der Waals surface area contributed by atoms with Crippen LogP contribution in [0.1, 0.15) is 30.6 Å². The van der Waals surface area contributed by atoms with Crippen molar-refractivity contribution in [1.29, 1.82) is 0 Å². The highest BCUT2D eigenvalue weighted by molar-refractivity contribution is 6.01. The van der Waals surface area contributed by atoms with E-state index in [9.17, 15) is 28.5 Å². The van der Waals surface area contributed by atoms with Gasteiger partial charge in [-0.25, -0.2) is 13.6 Å². The lowest BCUT2D eigenvalue weighted by Crippen LogP contribution is -2.52. The Bertz CT molecular complexity index is 635. The Morgan fingerprint density at radius 3 is 2.36 bits per heavy atom. The first kappa shape index (κ1) is 17.5. The molecule has 0 aliphatic carbocycles. The number of nitro groups is 1. The number of nitrogens with one attached hydrogen (secondary N) is 1. The van der Waals surface area contributed by atoms with Crippen LogP contribution < -0.4 is 5.32 Å². The topological polar surface area (TPSA) is 98.5 Å². The number of halogens is 2. The molecule has 1 amide bonds. The predicted octanol–water partition coefficient (Wildman–Crippen LogP) is 1.94. The minimum atomic E-state index is -1.45. The highest BCUT2D eigenvalue weighted by Crippen LogP contribution is 2.23. The van der Waals surface area contributed by atoms with Crippen molar-refractivity contribution >= 4 is 17.6 Å². The molecule has 0 unspecified atom stereocenters. The number of benzene rings is 1. The first-order valence-corrected chi connectivity index (χ1v) is 6.20. The van der Waals surface area contributed by atoms with Crippen molar-refractivity contribution in [2.24, 2.45) is 0 Å². The van der Waals surface area contributed by atoms with E-state index < -0.39 is 45.2 Å². The first-order chi connectivity index (χ1) is 10.2. The number of carbonyl (C=O) groups is 2. The summed E-state index contributed by atoms with van der Waals surface area (Å²) in [5.74, 6) is -4.71. The lowest BCUT2D eigenvalue weighted by atomic mass is 9.98. The normalized spacial score (nSPS) is 13.1. The number of hydrogen-bond acceptors (Lipinski definition) is 5. The highest BCUT2D eigenvalue weighted by Gasteiger charge is 2.36. The summed E-state index contributed by atoms with van der Waals surface area (Å²) in [5, 5.41) is 13.1. The van der Waals surface area contributed by atoms with E-state index in [0.29, 0.717) is 12.1 Å². The molecule has 0 heterocycles. The number of nitrogens with zero attached hydrogens (tertiary/aromatic N) is 1. The molecule has 9 heteroatoms. The summed E-state index contributed by atoms with van der Waals surface area (Å²) in [5.41, 5.74) is -3.04. The van der Waals surface area contributed by atoms with Crippen LogP contribution in [0.5, 0.6) is 0 Å². The zero-order chi connectivity index (χ0) is 17.1. The molecule has 1 atom stereocenters. The molecule has 1 aromatic carbocycles. The molecule has 0 aliphatic rings. The minimum absolute atomic E-state index is 0.128. The van der Waals surface area contributed by atoms with Gasteiger partial charge < -0.3 is 10.1 Å². The Labute approximate surface area is 124 Å². The Hall–Kier alpha value is -2.58. The van der Waals surface area contributed by atoms with Gasteiger partial charge in [-0.15, -0.1) is 0 Å².